The van der Waals surface area contributed by atoms with Crippen LogP contribution in [-0.2, 0) is 37.0 Å². The molecule has 2 unspecified atom stereocenters. The minimum Gasteiger partial charge on any atom is -0.465 e. The van der Waals surface area contributed by atoms with Crippen molar-refractivity contribution in [2.75, 3.05) is 38.7 Å². The fourth-order valence-corrected chi connectivity index (χ4v) is 6.28. The van der Waals surface area contributed by atoms with Gasteiger partial charge in [0.1, 0.15) is 30.5 Å². The first-order chi connectivity index (χ1) is 25.9. The zero-order chi connectivity index (χ0) is 38.8. The molecule has 1 fully saturated rings. The molecule has 54 heavy (non-hydrogen) atoms. The number of alkyl carbamates (subject to hydrolysis) is 1. The summed E-state index contributed by atoms with van der Waals surface area (Å²) < 4.78 is 25.8. The molecule has 3 atom stereocenters. The molecule has 3 aromatic carbocycles. The molecular formula is C38H43FN6O9. The largest absolute Gasteiger partial charge is 0.465 e. The van der Waals surface area contributed by atoms with Gasteiger partial charge in [0.2, 0.25) is 11.8 Å². The third-order valence-electron chi connectivity index (χ3n) is 9.48. The molecule has 0 aromatic heterocycles. The standard InChI is InChI=1S/C38H43FN6O9/c1-23(44(2)38(51)52)33(46)43-31(25-14-18-53-19-15-25)36(49)45-21-27-10-6-7-11-28(27)32(45)35(48)42-30-20-26(12-13-29(30)39)34(47)40-16-17-41-37(50)54-22-24-8-4-3-5-9-24/h3-13,20,23,25,31-32H,14-19,21-22H2,1-2H3,(H,40,47)(H,41,50)(H,42,48)(H,43,46)(H,51,52)/t23?,31?,32-/m0/s1. The summed E-state index contributed by atoms with van der Waals surface area (Å²) in [6, 6.07) is 16.0. The Labute approximate surface area is 311 Å². The van der Waals surface area contributed by atoms with Crippen molar-refractivity contribution in [3.8, 4) is 0 Å². The first kappa shape index (κ1) is 39.2. The molecule has 1 saturated heterocycles. The number of carbonyl (C=O) groups excluding carboxylic acids is 5. The zero-order valence-corrected chi connectivity index (χ0v) is 29.9. The van der Waals surface area contributed by atoms with Crippen molar-refractivity contribution >= 4 is 41.5 Å². The van der Waals surface area contributed by atoms with E-state index in [1.807, 2.05) is 30.3 Å². The molecule has 6 amide bonds. The van der Waals surface area contributed by atoms with Gasteiger partial charge in [-0.25, -0.2) is 14.0 Å². The number of carbonyl (C=O) groups is 6. The van der Waals surface area contributed by atoms with E-state index in [0.717, 1.165) is 16.5 Å². The molecule has 5 N–H and O–H groups in total. The Morgan fingerprint density at radius 3 is 2.37 bits per heavy atom. The van der Waals surface area contributed by atoms with Crippen molar-refractivity contribution < 1.29 is 47.7 Å². The van der Waals surface area contributed by atoms with E-state index >= 15 is 4.39 Å². The Bertz CT molecular complexity index is 1860. The lowest BCUT2D eigenvalue weighted by atomic mass is 9.90. The first-order valence-corrected chi connectivity index (χ1v) is 17.5. The van der Waals surface area contributed by atoms with Gasteiger partial charge in [-0.1, -0.05) is 54.6 Å². The normalized spacial score (nSPS) is 16.3. The number of rotatable bonds is 13. The van der Waals surface area contributed by atoms with Crippen LogP contribution in [0.4, 0.5) is 19.7 Å². The van der Waals surface area contributed by atoms with Gasteiger partial charge in [-0.3, -0.25) is 24.1 Å². The molecule has 15 nitrogen and oxygen atoms in total. The lowest BCUT2D eigenvalue weighted by molar-refractivity contribution is -0.144. The molecule has 5 rings (SSSR count). The van der Waals surface area contributed by atoms with Crippen LogP contribution in [0.15, 0.2) is 72.8 Å². The number of benzene rings is 3. The minimum atomic E-state index is -1.32. The Hall–Kier alpha value is -6.03. The summed E-state index contributed by atoms with van der Waals surface area (Å²) in [7, 11) is 1.25. The third-order valence-corrected chi connectivity index (χ3v) is 9.48. The Morgan fingerprint density at radius 1 is 0.963 bits per heavy atom. The predicted octanol–water partition coefficient (Wildman–Crippen LogP) is 3.41. The van der Waals surface area contributed by atoms with Gasteiger partial charge in [0.15, 0.2) is 0 Å². The second-order valence-electron chi connectivity index (χ2n) is 13.0. The van der Waals surface area contributed by atoms with Crippen molar-refractivity contribution in [3.63, 3.8) is 0 Å². The number of amides is 6. The van der Waals surface area contributed by atoms with Gasteiger partial charge < -0.3 is 40.7 Å². The van der Waals surface area contributed by atoms with Gasteiger partial charge in [0.05, 0.1) is 5.69 Å². The molecular weight excluding hydrogens is 703 g/mol. The number of ether oxygens (including phenoxy) is 2. The maximum Gasteiger partial charge on any atom is 0.407 e. The van der Waals surface area contributed by atoms with Crippen LogP contribution in [0.2, 0.25) is 0 Å². The van der Waals surface area contributed by atoms with Crippen molar-refractivity contribution in [2.45, 2.75) is 51.0 Å². The maximum atomic E-state index is 15.1. The summed E-state index contributed by atoms with van der Waals surface area (Å²) in [6.45, 7) is 2.29. The summed E-state index contributed by atoms with van der Waals surface area (Å²) in [4.78, 5) is 80.3. The van der Waals surface area contributed by atoms with E-state index in [4.69, 9.17) is 9.47 Å². The van der Waals surface area contributed by atoms with E-state index in [2.05, 4.69) is 21.3 Å². The number of fused-ring (bicyclic) bond motifs is 1. The Morgan fingerprint density at radius 2 is 1.65 bits per heavy atom. The Balaban J connectivity index is 1.27. The minimum absolute atomic E-state index is 0.0199. The van der Waals surface area contributed by atoms with Crippen LogP contribution >= 0.6 is 0 Å². The summed E-state index contributed by atoms with van der Waals surface area (Å²) in [5, 5.41) is 19.9. The van der Waals surface area contributed by atoms with Crippen LogP contribution in [0.1, 0.15) is 52.9 Å². The number of nitrogens with zero attached hydrogens (tertiary/aromatic N) is 2. The molecule has 0 radical (unpaired) electrons. The molecule has 286 valence electrons. The van der Waals surface area contributed by atoms with Crippen LogP contribution in [0, 0.1) is 11.7 Å². The van der Waals surface area contributed by atoms with Crippen LogP contribution in [0.3, 0.4) is 0 Å². The van der Waals surface area contributed by atoms with E-state index in [1.54, 1.807) is 24.3 Å². The van der Waals surface area contributed by atoms with E-state index in [-0.39, 0.29) is 43.4 Å². The molecule has 2 aliphatic rings. The summed E-state index contributed by atoms with van der Waals surface area (Å²) in [5.74, 6) is -3.78. The molecule has 0 aliphatic carbocycles. The van der Waals surface area contributed by atoms with Crippen molar-refractivity contribution in [2.24, 2.45) is 5.92 Å². The lowest BCUT2D eigenvalue weighted by Gasteiger charge is -2.35. The van der Waals surface area contributed by atoms with Crippen molar-refractivity contribution in [1.29, 1.82) is 0 Å². The van der Waals surface area contributed by atoms with E-state index in [0.29, 0.717) is 37.2 Å². The first-order valence-electron chi connectivity index (χ1n) is 17.5. The van der Waals surface area contributed by atoms with E-state index in [9.17, 15) is 33.9 Å². The number of nitrogens with one attached hydrogen (secondary N) is 4. The molecule has 0 saturated carbocycles. The zero-order valence-electron chi connectivity index (χ0n) is 29.9. The van der Waals surface area contributed by atoms with E-state index < -0.39 is 59.8 Å². The van der Waals surface area contributed by atoms with Crippen molar-refractivity contribution in [1.82, 2.24) is 25.8 Å². The monoisotopic (exact) mass is 746 g/mol. The van der Waals surface area contributed by atoms with Gasteiger partial charge in [-0.05, 0) is 60.6 Å². The highest BCUT2D eigenvalue weighted by Gasteiger charge is 2.44. The highest BCUT2D eigenvalue weighted by molar-refractivity contribution is 6.02. The third kappa shape index (κ3) is 9.69. The number of halogens is 1. The molecule has 0 spiro atoms. The number of carboxylic acid groups (broad SMARTS) is 1. The van der Waals surface area contributed by atoms with Gasteiger partial charge in [0, 0.05) is 45.5 Å². The number of likely N-dealkylation sites (N-methyl/N-ethyl adjacent to an activating group) is 1. The molecule has 2 heterocycles. The summed E-state index contributed by atoms with van der Waals surface area (Å²) in [5.41, 5.74) is 1.72. The average Bonchev–Trinajstić information content (AvgIpc) is 3.58. The van der Waals surface area contributed by atoms with Gasteiger partial charge >= 0.3 is 12.2 Å². The highest BCUT2D eigenvalue weighted by atomic mass is 19.1. The van der Waals surface area contributed by atoms with Crippen LogP contribution in [-0.4, -0.2) is 96.2 Å². The molecule has 16 heteroatoms. The lowest BCUT2D eigenvalue weighted by Crippen LogP contribution is -2.57. The van der Waals surface area contributed by atoms with Gasteiger partial charge in [0.25, 0.3) is 11.8 Å². The fraction of sp³-hybridized carbons (Fsp3) is 0.368. The van der Waals surface area contributed by atoms with Gasteiger partial charge in [-0.2, -0.15) is 0 Å². The van der Waals surface area contributed by atoms with Crippen LogP contribution in [0.25, 0.3) is 0 Å². The number of hydrogen-bond acceptors (Lipinski definition) is 8. The number of hydrogen-bond donors (Lipinski definition) is 5. The topological polar surface area (TPSA) is 196 Å². The fourth-order valence-electron chi connectivity index (χ4n) is 6.28. The Kier molecular flexibility index (Phi) is 13.2. The van der Waals surface area contributed by atoms with Crippen LogP contribution in [0.5, 0.6) is 0 Å². The van der Waals surface area contributed by atoms with E-state index in [1.165, 1.54) is 31.0 Å². The summed E-state index contributed by atoms with van der Waals surface area (Å²) in [6.07, 6.45) is -1.11. The van der Waals surface area contributed by atoms with Crippen LogP contribution < -0.4 is 21.3 Å². The summed E-state index contributed by atoms with van der Waals surface area (Å²) >= 11 is 0. The average molecular weight is 747 g/mol. The smallest absolute Gasteiger partial charge is 0.407 e. The molecule has 3 aromatic rings. The highest BCUT2D eigenvalue weighted by Crippen LogP contribution is 2.36. The predicted molar refractivity (Wildman–Crippen MR) is 192 cm³/mol. The second-order valence-corrected chi connectivity index (χ2v) is 13.0. The quantitative estimate of drug-likeness (QED) is 0.163. The maximum absolute atomic E-state index is 15.1. The second kappa shape index (κ2) is 18.1. The SMILES string of the molecule is CC(C(=O)NC(C(=O)N1Cc2ccccc2[C@H]1C(=O)Nc1cc(C(=O)NCCNC(=O)OCc2ccccc2)ccc1F)C1CCOCC1)N(C)C(=O)O. The molecule has 0 bridgehead atoms. The number of anilines is 1. The van der Waals surface area contributed by atoms with Gasteiger partial charge in [-0.15, -0.1) is 0 Å². The van der Waals surface area contributed by atoms with Crippen molar-refractivity contribution in [3.05, 3.63) is 101 Å². The molecule has 2 aliphatic heterocycles.